The number of aryl methyl sites for hydroxylation is 1. The number of anilines is 1. The number of benzene rings is 2. The number of nitrogens with one attached hydrogen (secondary N) is 3. The van der Waals surface area contributed by atoms with E-state index in [1.807, 2.05) is 24.3 Å². The van der Waals surface area contributed by atoms with Crippen LogP contribution >= 0.6 is 0 Å². The number of rotatable bonds is 7. The first-order valence-corrected chi connectivity index (χ1v) is 9.48. The third kappa shape index (κ3) is 6.49. The zero-order chi connectivity index (χ0) is 20.5. The maximum atomic E-state index is 12.1. The van der Waals surface area contributed by atoms with Crippen LogP contribution in [0.1, 0.15) is 16.7 Å². The quantitative estimate of drug-likeness (QED) is 0.428. The molecule has 1 heterocycles. The Morgan fingerprint density at radius 2 is 1.79 bits per heavy atom. The highest BCUT2D eigenvalue weighted by Gasteiger charge is 2.05. The highest BCUT2D eigenvalue weighted by atomic mass is 16.2. The Hall–Kier alpha value is -3.61. The predicted octanol–water partition coefficient (Wildman–Crippen LogP) is 2.70. The van der Waals surface area contributed by atoms with Gasteiger partial charge in [-0.1, -0.05) is 42.0 Å². The van der Waals surface area contributed by atoms with Crippen molar-refractivity contribution in [2.24, 2.45) is 4.99 Å². The SMILES string of the molecule is CN=C(NCc1ccc(C)cc1)NCc1cccc(NC(=O)Cn2cccn2)c1. The summed E-state index contributed by atoms with van der Waals surface area (Å²) in [6, 6.07) is 17.9. The zero-order valence-corrected chi connectivity index (χ0v) is 16.7. The molecular weight excluding hydrogens is 364 g/mol. The van der Waals surface area contributed by atoms with Crippen molar-refractivity contribution in [1.82, 2.24) is 20.4 Å². The summed E-state index contributed by atoms with van der Waals surface area (Å²) in [5.74, 6) is 0.605. The number of nitrogens with zero attached hydrogens (tertiary/aromatic N) is 3. The third-order valence-corrected chi connectivity index (χ3v) is 4.34. The molecule has 150 valence electrons. The first-order valence-electron chi connectivity index (χ1n) is 9.48. The molecule has 0 saturated heterocycles. The van der Waals surface area contributed by atoms with Crippen LogP contribution < -0.4 is 16.0 Å². The monoisotopic (exact) mass is 390 g/mol. The molecule has 0 radical (unpaired) electrons. The van der Waals surface area contributed by atoms with E-state index in [0.29, 0.717) is 13.1 Å². The predicted molar refractivity (Wildman–Crippen MR) is 116 cm³/mol. The van der Waals surface area contributed by atoms with Crippen LogP contribution in [-0.4, -0.2) is 28.7 Å². The highest BCUT2D eigenvalue weighted by Crippen LogP contribution is 2.11. The van der Waals surface area contributed by atoms with Crippen molar-refractivity contribution in [1.29, 1.82) is 0 Å². The van der Waals surface area contributed by atoms with Gasteiger partial charge in [-0.05, 0) is 36.2 Å². The molecule has 7 nitrogen and oxygen atoms in total. The number of aromatic nitrogens is 2. The molecule has 0 spiro atoms. The van der Waals surface area contributed by atoms with E-state index in [-0.39, 0.29) is 12.5 Å². The molecule has 3 N–H and O–H groups in total. The molecule has 0 bridgehead atoms. The van der Waals surface area contributed by atoms with E-state index in [9.17, 15) is 4.79 Å². The first-order chi connectivity index (χ1) is 14.1. The summed E-state index contributed by atoms with van der Waals surface area (Å²) in [7, 11) is 1.75. The molecule has 29 heavy (non-hydrogen) atoms. The Morgan fingerprint density at radius 1 is 1.03 bits per heavy atom. The Bertz CT molecular complexity index is 948. The van der Waals surface area contributed by atoms with Crippen LogP contribution in [-0.2, 0) is 24.4 Å². The van der Waals surface area contributed by atoms with Crippen molar-refractivity contribution in [2.75, 3.05) is 12.4 Å². The van der Waals surface area contributed by atoms with Gasteiger partial charge in [0, 0.05) is 38.2 Å². The fraction of sp³-hybridized carbons (Fsp3) is 0.227. The van der Waals surface area contributed by atoms with E-state index in [4.69, 9.17) is 0 Å². The summed E-state index contributed by atoms with van der Waals surface area (Å²) in [5.41, 5.74) is 4.23. The van der Waals surface area contributed by atoms with Crippen LogP contribution in [0.3, 0.4) is 0 Å². The van der Waals surface area contributed by atoms with E-state index in [1.165, 1.54) is 11.1 Å². The molecule has 0 aliphatic carbocycles. The fourth-order valence-electron chi connectivity index (χ4n) is 2.80. The lowest BCUT2D eigenvalue weighted by atomic mass is 10.1. The van der Waals surface area contributed by atoms with Crippen LogP contribution in [0, 0.1) is 6.92 Å². The number of hydrogen-bond acceptors (Lipinski definition) is 3. The number of amides is 1. The van der Waals surface area contributed by atoms with Crippen molar-refractivity contribution >= 4 is 17.6 Å². The molecule has 1 aromatic heterocycles. The lowest BCUT2D eigenvalue weighted by molar-refractivity contribution is -0.116. The molecule has 0 aliphatic heterocycles. The van der Waals surface area contributed by atoms with E-state index in [1.54, 1.807) is 30.2 Å². The molecule has 7 heteroatoms. The number of carbonyl (C=O) groups excluding carboxylic acids is 1. The average molecular weight is 390 g/mol. The summed E-state index contributed by atoms with van der Waals surface area (Å²) in [5, 5.41) is 13.5. The second-order valence-electron chi connectivity index (χ2n) is 6.72. The first kappa shape index (κ1) is 20.1. The van der Waals surface area contributed by atoms with Crippen LogP contribution in [0.5, 0.6) is 0 Å². The summed E-state index contributed by atoms with van der Waals surface area (Å²) < 4.78 is 1.59. The second-order valence-corrected chi connectivity index (χ2v) is 6.72. The Labute approximate surface area is 170 Å². The fourth-order valence-corrected chi connectivity index (χ4v) is 2.80. The molecule has 0 aliphatic rings. The average Bonchev–Trinajstić information content (AvgIpc) is 3.22. The topological polar surface area (TPSA) is 83.3 Å². The van der Waals surface area contributed by atoms with Gasteiger partial charge in [0.2, 0.25) is 5.91 Å². The molecule has 0 atom stereocenters. The smallest absolute Gasteiger partial charge is 0.246 e. The molecule has 1 amide bonds. The van der Waals surface area contributed by atoms with Gasteiger partial charge in [0.15, 0.2) is 5.96 Å². The van der Waals surface area contributed by atoms with Crippen molar-refractivity contribution in [3.8, 4) is 0 Å². The van der Waals surface area contributed by atoms with Crippen LogP contribution in [0.4, 0.5) is 5.69 Å². The van der Waals surface area contributed by atoms with E-state index in [2.05, 4.69) is 57.2 Å². The van der Waals surface area contributed by atoms with Gasteiger partial charge in [0.1, 0.15) is 6.54 Å². The van der Waals surface area contributed by atoms with Gasteiger partial charge in [-0.2, -0.15) is 5.10 Å². The molecule has 3 rings (SSSR count). The lowest BCUT2D eigenvalue weighted by Crippen LogP contribution is -2.36. The summed E-state index contributed by atoms with van der Waals surface area (Å²) in [6.45, 7) is 3.55. The Balaban J connectivity index is 1.49. The molecule has 2 aromatic carbocycles. The largest absolute Gasteiger partial charge is 0.352 e. The van der Waals surface area contributed by atoms with Gasteiger partial charge in [-0.15, -0.1) is 0 Å². The standard InChI is InChI=1S/C22H26N6O/c1-17-7-9-18(10-8-17)14-24-22(23-2)25-15-19-5-3-6-20(13-19)27-21(29)16-28-12-4-11-26-28/h3-13H,14-16H2,1-2H3,(H,27,29)(H2,23,24,25). The number of guanidine groups is 1. The van der Waals surface area contributed by atoms with Crippen molar-refractivity contribution in [3.05, 3.63) is 83.7 Å². The maximum Gasteiger partial charge on any atom is 0.246 e. The van der Waals surface area contributed by atoms with E-state index in [0.717, 1.165) is 17.2 Å². The number of aliphatic imine (C=N–C) groups is 1. The summed E-state index contributed by atoms with van der Waals surface area (Å²) >= 11 is 0. The number of carbonyl (C=O) groups is 1. The van der Waals surface area contributed by atoms with Gasteiger partial charge in [0.25, 0.3) is 0 Å². The normalized spacial score (nSPS) is 11.2. The van der Waals surface area contributed by atoms with Gasteiger partial charge in [0.05, 0.1) is 0 Å². The summed E-state index contributed by atoms with van der Waals surface area (Å²) in [6.07, 6.45) is 3.41. The number of hydrogen-bond donors (Lipinski definition) is 3. The second kappa shape index (κ2) is 10.1. The molecule has 0 unspecified atom stereocenters. The maximum absolute atomic E-state index is 12.1. The van der Waals surface area contributed by atoms with Crippen molar-refractivity contribution in [3.63, 3.8) is 0 Å². The summed E-state index contributed by atoms with van der Waals surface area (Å²) in [4.78, 5) is 16.4. The van der Waals surface area contributed by atoms with Gasteiger partial charge >= 0.3 is 0 Å². The zero-order valence-electron chi connectivity index (χ0n) is 16.7. The van der Waals surface area contributed by atoms with E-state index >= 15 is 0 Å². The molecule has 0 saturated carbocycles. The van der Waals surface area contributed by atoms with Crippen molar-refractivity contribution in [2.45, 2.75) is 26.6 Å². The van der Waals surface area contributed by atoms with Gasteiger partial charge in [-0.3, -0.25) is 14.5 Å². The Morgan fingerprint density at radius 3 is 2.48 bits per heavy atom. The van der Waals surface area contributed by atoms with Crippen molar-refractivity contribution < 1.29 is 4.79 Å². The third-order valence-electron chi connectivity index (χ3n) is 4.34. The van der Waals surface area contributed by atoms with E-state index < -0.39 is 0 Å². The molecule has 3 aromatic rings. The van der Waals surface area contributed by atoms with Gasteiger partial charge in [-0.25, -0.2) is 0 Å². The lowest BCUT2D eigenvalue weighted by Gasteiger charge is -2.13. The van der Waals surface area contributed by atoms with Crippen LogP contribution in [0.2, 0.25) is 0 Å². The molecule has 0 fully saturated rings. The van der Waals surface area contributed by atoms with Crippen LogP contribution in [0.25, 0.3) is 0 Å². The minimum atomic E-state index is -0.116. The minimum Gasteiger partial charge on any atom is -0.352 e. The minimum absolute atomic E-state index is 0.116. The van der Waals surface area contributed by atoms with Crippen LogP contribution in [0.15, 0.2) is 72.0 Å². The Kier molecular flexibility index (Phi) is 7.00. The van der Waals surface area contributed by atoms with Gasteiger partial charge < -0.3 is 16.0 Å². The molecular formula is C22H26N6O. The highest BCUT2D eigenvalue weighted by molar-refractivity contribution is 5.90.